The Hall–Kier alpha value is -3.49. The fourth-order valence-electron chi connectivity index (χ4n) is 4.57. The standard InChI is InChI=1S/C28H31N3O4S/c1-4-31(5-2)16-17-35-28(34)19-12-14-20(15-13-19)29-26(32)24-21-9-6-7-10-22(21)27(33)30(3)25(24)23-11-8-18-36-23/h6-15,18,24-25H,4-5,16-17H2,1-3H3,(H,29,32)/t24-,25+/m0/s1. The van der Waals surface area contributed by atoms with Gasteiger partial charge in [0.25, 0.3) is 5.91 Å². The molecule has 0 saturated carbocycles. The van der Waals surface area contributed by atoms with E-state index in [4.69, 9.17) is 4.74 Å². The molecule has 2 aromatic carbocycles. The lowest BCUT2D eigenvalue weighted by Crippen LogP contribution is -2.43. The number of amides is 2. The first-order chi connectivity index (χ1) is 17.4. The fraction of sp³-hybridized carbons (Fsp3) is 0.321. The minimum Gasteiger partial charge on any atom is -0.461 e. The molecule has 8 heteroatoms. The third kappa shape index (κ3) is 5.34. The van der Waals surface area contributed by atoms with Crippen molar-refractivity contribution in [2.75, 3.05) is 38.6 Å². The lowest BCUT2D eigenvalue weighted by Gasteiger charge is -2.39. The number of hydrogen-bond acceptors (Lipinski definition) is 6. The first-order valence-corrected chi connectivity index (χ1v) is 13.0. The Kier molecular flexibility index (Phi) is 8.18. The number of fused-ring (bicyclic) bond motifs is 1. The zero-order valence-electron chi connectivity index (χ0n) is 20.8. The second kappa shape index (κ2) is 11.5. The molecular weight excluding hydrogens is 474 g/mol. The van der Waals surface area contributed by atoms with E-state index in [1.54, 1.807) is 42.3 Å². The summed E-state index contributed by atoms with van der Waals surface area (Å²) in [5.41, 5.74) is 2.25. The summed E-state index contributed by atoms with van der Waals surface area (Å²) in [6, 6.07) is 17.4. The van der Waals surface area contributed by atoms with Gasteiger partial charge in [-0.1, -0.05) is 38.1 Å². The van der Waals surface area contributed by atoms with Crippen molar-refractivity contribution in [1.29, 1.82) is 0 Å². The van der Waals surface area contributed by atoms with Crippen LogP contribution in [0, 0.1) is 0 Å². The van der Waals surface area contributed by atoms with Gasteiger partial charge in [0.15, 0.2) is 0 Å². The average molecular weight is 506 g/mol. The Bertz CT molecular complexity index is 1210. The average Bonchev–Trinajstić information content (AvgIpc) is 3.43. The van der Waals surface area contributed by atoms with Crippen LogP contribution in [0.5, 0.6) is 0 Å². The number of ether oxygens (including phenoxy) is 1. The van der Waals surface area contributed by atoms with E-state index < -0.39 is 12.0 Å². The summed E-state index contributed by atoms with van der Waals surface area (Å²) in [7, 11) is 1.74. The van der Waals surface area contributed by atoms with Crippen LogP contribution in [-0.2, 0) is 9.53 Å². The number of nitrogens with one attached hydrogen (secondary N) is 1. The second-order valence-electron chi connectivity index (χ2n) is 8.67. The lowest BCUT2D eigenvalue weighted by atomic mass is 9.81. The van der Waals surface area contributed by atoms with Gasteiger partial charge >= 0.3 is 5.97 Å². The summed E-state index contributed by atoms with van der Waals surface area (Å²) in [6.07, 6.45) is 0. The number of anilines is 1. The van der Waals surface area contributed by atoms with Crippen LogP contribution in [0.1, 0.15) is 57.0 Å². The van der Waals surface area contributed by atoms with E-state index in [1.165, 1.54) is 11.3 Å². The second-order valence-corrected chi connectivity index (χ2v) is 9.65. The molecule has 1 N–H and O–H groups in total. The molecule has 4 rings (SSSR count). The van der Waals surface area contributed by atoms with Crippen molar-refractivity contribution in [2.45, 2.75) is 25.8 Å². The number of likely N-dealkylation sites (N-methyl/N-ethyl adjacent to an activating group) is 2. The first kappa shape index (κ1) is 25.6. The molecule has 1 aromatic heterocycles. The van der Waals surface area contributed by atoms with Crippen LogP contribution in [0.25, 0.3) is 0 Å². The molecular formula is C28H31N3O4S. The summed E-state index contributed by atoms with van der Waals surface area (Å²) in [5, 5.41) is 4.94. The summed E-state index contributed by atoms with van der Waals surface area (Å²) >= 11 is 1.53. The van der Waals surface area contributed by atoms with Crippen LogP contribution in [0.3, 0.4) is 0 Å². The van der Waals surface area contributed by atoms with E-state index in [-0.39, 0.29) is 17.8 Å². The van der Waals surface area contributed by atoms with E-state index in [2.05, 4.69) is 24.1 Å². The highest BCUT2D eigenvalue weighted by Gasteiger charge is 2.43. The van der Waals surface area contributed by atoms with E-state index in [0.29, 0.717) is 35.5 Å². The van der Waals surface area contributed by atoms with Crippen molar-refractivity contribution in [3.8, 4) is 0 Å². The van der Waals surface area contributed by atoms with Gasteiger partial charge in [-0.25, -0.2) is 4.79 Å². The molecule has 0 radical (unpaired) electrons. The minimum absolute atomic E-state index is 0.100. The normalized spacial score (nSPS) is 17.1. The number of carbonyl (C=O) groups is 3. The molecule has 2 atom stereocenters. The summed E-state index contributed by atoms with van der Waals surface area (Å²) in [5.74, 6) is -1.28. The van der Waals surface area contributed by atoms with Gasteiger partial charge in [-0.3, -0.25) is 9.59 Å². The van der Waals surface area contributed by atoms with E-state index in [9.17, 15) is 14.4 Å². The maximum absolute atomic E-state index is 13.6. The van der Waals surface area contributed by atoms with Gasteiger partial charge in [-0.15, -0.1) is 11.3 Å². The van der Waals surface area contributed by atoms with Gasteiger partial charge in [0.1, 0.15) is 6.61 Å². The molecule has 0 fully saturated rings. The van der Waals surface area contributed by atoms with Crippen LogP contribution in [-0.4, -0.2) is 60.9 Å². The van der Waals surface area contributed by atoms with Crippen LogP contribution in [0.4, 0.5) is 5.69 Å². The molecule has 2 heterocycles. The van der Waals surface area contributed by atoms with E-state index in [1.807, 2.05) is 35.7 Å². The van der Waals surface area contributed by atoms with Crippen LogP contribution < -0.4 is 5.32 Å². The Balaban J connectivity index is 1.50. The molecule has 2 amide bonds. The van der Waals surface area contributed by atoms with Crippen molar-refractivity contribution in [3.05, 3.63) is 87.6 Å². The minimum atomic E-state index is -0.577. The van der Waals surface area contributed by atoms with Crippen molar-refractivity contribution >= 4 is 34.8 Å². The predicted octanol–water partition coefficient (Wildman–Crippen LogP) is 4.80. The summed E-state index contributed by atoms with van der Waals surface area (Å²) in [6.45, 7) is 6.98. The molecule has 0 saturated heterocycles. The number of carbonyl (C=O) groups excluding carboxylic acids is 3. The van der Waals surface area contributed by atoms with Gasteiger partial charge in [-0.2, -0.15) is 0 Å². The zero-order chi connectivity index (χ0) is 25.7. The Labute approximate surface area is 215 Å². The van der Waals surface area contributed by atoms with Crippen molar-refractivity contribution in [1.82, 2.24) is 9.80 Å². The molecule has 36 heavy (non-hydrogen) atoms. The summed E-state index contributed by atoms with van der Waals surface area (Å²) < 4.78 is 5.39. The van der Waals surface area contributed by atoms with Gasteiger partial charge in [0.05, 0.1) is 17.5 Å². The molecule has 3 aromatic rings. The third-order valence-electron chi connectivity index (χ3n) is 6.62. The molecule has 0 bridgehead atoms. The lowest BCUT2D eigenvalue weighted by molar-refractivity contribution is -0.119. The van der Waals surface area contributed by atoms with Crippen LogP contribution in [0.15, 0.2) is 66.0 Å². The number of hydrogen-bond donors (Lipinski definition) is 1. The van der Waals surface area contributed by atoms with Crippen LogP contribution in [0.2, 0.25) is 0 Å². The van der Waals surface area contributed by atoms with Gasteiger partial charge < -0.3 is 19.9 Å². The molecule has 1 aliphatic heterocycles. The number of esters is 1. The number of benzene rings is 2. The zero-order valence-corrected chi connectivity index (χ0v) is 21.6. The van der Waals surface area contributed by atoms with Crippen molar-refractivity contribution in [3.63, 3.8) is 0 Å². The predicted molar refractivity (Wildman–Crippen MR) is 141 cm³/mol. The maximum atomic E-state index is 13.6. The van der Waals surface area contributed by atoms with Gasteiger partial charge in [0, 0.05) is 29.7 Å². The Morgan fingerprint density at radius 1 is 1.03 bits per heavy atom. The molecule has 1 aliphatic rings. The Morgan fingerprint density at radius 3 is 2.42 bits per heavy atom. The van der Waals surface area contributed by atoms with Crippen molar-refractivity contribution in [2.24, 2.45) is 0 Å². The first-order valence-electron chi connectivity index (χ1n) is 12.1. The monoisotopic (exact) mass is 505 g/mol. The Morgan fingerprint density at radius 2 is 1.75 bits per heavy atom. The molecule has 0 spiro atoms. The van der Waals surface area contributed by atoms with Gasteiger partial charge in [0.2, 0.25) is 5.91 Å². The van der Waals surface area contributed by atoms with E-state index in [0.717, 1.165) is 18.0 Å². The topological polar surface area (TPSA) is 79.0 Å². The molecule has 0 aliphatic carbocycles. The largest absolute Gasteiger partial charge is 0.461 e. The number of thiophene rings is 1. The fourth-order valence-corrected chi connectivity index (χ4v) is 5.48. The SMILES string of the molecule is CCN(CC)CCOC(=O)c1ccc(NC(=O)[C@H]2c3ccccc3C(=O)N(C)[C@@H]2c2cccs2)cc1. The molecule has 7 nitrogen and oxygen atoms in total. The quantitative estimate of drug-likeness (QED) is 0.423. The third-order valence-corrected chi connectivity index (χ3v) is 7.56. The highest BCUT2D eigenvalue weighted by atomic mass is 32.1. The van der Waals surface area contributed by atoms with Crippen molar-refractivity contribution < 1.29 is 19.1 Å². The smallest absolute Gasteiger partial charge is 0.338 e. The van der Waals surface area contributed by atoms with Crippen LogP contribution >= 0.6 is 11.3 Å². The highest BCUT2D eigenvalue weighted by Crippen LogP contribution is 2.43. The number of rotatable bonds is 9. The molecule has 0 unspecified atom stereocenters. The summed E-state index contributed by atoms with van der Waals surface area (Å²) in [4.78, 5) is 43.9. The van der Waals surface area contributed by atoms with Gasteiger partial charge in [-0.05, 0) is 60.4 Å². The molecule has 188 valence electrons. The highest BCUT2D eigenvalue weighted by molar-refractivity contribution is 7.10. The maximum Gasteiger partial charge on any atom is 0.338 e. The number of nitrogens with zero attached hydrogens (tertiary/aromatic N) is 2. The van der Waals surface area contributed by atoms with E-state index >= 15 is 0 Å².